The number of ether oxygens (including phenoxy) is 1. The summed E-state index contributed by atoms with van der Waals surface area (Å²) in [7, 11) is 1.45. The van der Waals surface area contributed by atoms with Crippen LogP contribution in [0.1, 0.15) is 33.6 Å². The number of nitrogens with one attached hydrogen (secondary N) is 1. The molecule has 0 aliphatic heterocycles. The Kier molecular flexibility index (Phi) is 6.14. The van der Waals surface area contributed by atoms with Crippen molar-refractivity contribution in [3.8, 4) is 5.75 Å². The number of nitrogens with two attached hydrogens (primary N) is 1. The Bertz CT molecular complexity index is 820. The Hall–Kier alpha value is -2.86. The van der Waals surface area contributed by atoms with Crippen LogP contribution in [0.2, 0.25) is 5.02 Å². The lowest BCUT2D eigenvalue weighted by Crippen LogP contribution is -2.18. The van der Waals surface area contributed by atoms with Crippen molar-refractivity contribution in [2.75, 3.05) is 12.4 Å². The molecule has 0 fully saturated rings. The van der Waals surface area contributed by atoms with Gasteiger partial charge < -0.3 is 15.8 Å². The molecule has 2 amide bonds. The van der Waals surface area contributed by atoms with E-state index in [1.165, 1.54) is 19.2 Å². The lowest BCUT2D eigenvalue weighted by Gasteiger charge is -2.10. The maximum atomic E-state index is 12.3. The first-order valence-electron chi connectivity index (χ1n) is 7.47. The highest BCUT2D eigenvalue weighted by molar-refractivity contribution is 6.31. The molecule has 0 aromatic heterocycles. The van der Waals surface area contributed by atoms with Crippen LogP contribution in [0.15, 0.2) is 42.5 Å². The third-order valence-electron chi connectivity index (χ3n) is 3.51. The second-order valence-electron chi connectivity index (χ2n) is 5.23. The Balaban J connectivity index is 2.02. The second kappa shape index (κ2) is 8.30. The fourth-order valence-electron chi connectivity index (χ4n) is 2.28. The minimum Gasteiger partial charge on any atom is -0.496 e. The fourth-order valence-corrected chi connectivity index (χ4v) is 2.45. The lowest BCUT2D eigenvalue weighted by atomic mass is 10.0. The highest BCUT2D eigenvalue weighted by Gasteiger charge is 2.16. The van der Waals surface area contributed by atoms with Gasteiger partial charge in [-0.15, -0.1) is 0 Å². The normalized spacial score (nSPS) is 10.2. The topological polar surface area (TPSA) is 98.5 Å². The van der Waals surface area contributed by atoms with Crippen molar-refractivity contribution in [3.63, 3.8) is 0 Å². The van der Waals surface area contributed by atoms with E-state index in [4.69, 9.17) is 22.1 Å². The summed E-state index contributed by atoms with van der Waals surface area (Å²) < 4.78 is 5.13. The van der Waals surface area contributed by atoms with E-state index < -0.39 is 11.8 Å². The molecule has 0 unspecified atom stereocenters. The van der Waals surface area contributed by atoms with Crippen LogP contribution in [0, 0.1) is 0 Å². The van der Waals surface area contributed by atoms with Crippen LogP contribution in [-0.2, 0) is 4.79 Å². The lowest BCUT2D eigenvalue weighted by molar-refractivity contribution is -0.116. The molecule has 2 rings (SSSR count). The first-order valence-corrected chi connectivity index (χ1v) is 7.85. The molecule has 0 aliphatic carbocycles. The number of para-hydroxylation sites is 1. The van der Waals surface area contributed by atoms with Gasteiger partial charge >= 0.3 is 0 Å². The van der Waals surface area contributed by atoms with Crippen molar-refractivity contribution < 1.29 is 19.1 Å². The summed E-state index contributed by atoms with van der Waals surface area (Å²) >= 11 is 5.90. The molecule has 0 bridgehead atoms. The molecule has 2 aromatic carbocycles. The minimum absolute atomic E-state index is 0.0265. The summed E-state index contributed by atoms with van der Waals surface area (Å²) in [6, 6.07) is 11.1. The number of amides is 2. The van der Waals surface area contributed by atoms with E-state index in [1.54, 1.807) is 30.3 Å². The number of anilines is 1. The molecule has 0 heterocycles. The summed E-state index contributed by atoms with van der Waals surface area (Å²) in [6.07, 6.45) is -0.0805. The van der Waals surface area contributed by atoms with Gasteiger partial charge in [-0.2, -0.15) is 0 Å². The van der Waals surface area contributed by atoms with E-state index in [0.717, 1.165) is 0 Å². The van der Waals surface area contributed by atoms with Crippen LogP contribution in [0.25, 0.3) is 0 Å². The summed E-state index contributed by atoms with van der Waals surface area (Å²) in [5.74, 6) is -0.912. The average Bonchev–Trinajstić information content (AvgIpc) is 2.60. The Morgan fingerprint density at radius 1 is 1.08 bits per heavy atom. The Labute approximate surface area is 149 Å². The molecule has 25 heavy (non-hydrogen) atoms. The van der Waals surface area contributed by atoms with Gasteiger partial charge in [0.05, 0.1) is 23.9 Å². The number of halogens is 1. The maximum absolute atomic E-state index is 12.3. The minimum atomic E-state index is -0.643. The Morgan fingerprint density at radius 2 is 1.80 bits per heavy atom. The van der Waals surface area contributed by atoms with Gasteiger partial charge in [-0.25, -0.2) is 0 Å². The van der Waals surface area contributed by atoms with Gasteiger partial charge in [0.25, 0.3) is 5.91 Å². The van der Waals surface area contributed by atoms with Gasteiger partial charge in [0, 0.05) is 17.9 Å². The number of Topliss-reactive ketones (excluding diaryl/α,β-unsaturated/α-hetero) is 1. The van der Waals surface area contributed by atoms with E-state index in [0.29, 0.717) is 22.0 Å². The molecule has 0 spiro atoms. The predicted molar refractivity (Wildman–Crippen MR) is 95.2 cm³/mol. The molecule has 130 valence electrons. The van der Waals surface area contributed by atoms with Crippen LogP contribution in [-0.4, -0.2) is 24.7 Å². The summed E-state index contributed by atoms with van der Waals surface area (Å²) in [5, 5.41) is 3.00. The summed E-state index contributed by atoms with van der Waals surface area (Å²) in [6.45, 7) is 0. The zero-order valence-corrected chi connectivity index (χ0v) is 14.3. The molecule has 6 nitrogen and oxygen atoms in total. The number of ketones is 1. The number of primary amides is 1. The largest absolute Gasteiger partial charge is 0.496 e. The zero-order valence-electron chi connectivity index (χ0n) is 13.5. The van der Waals surface area contributed by atoms with Gasteiger partial charge in [-0.05, 0) is 30.3 Å². The van der Waals surface area contributed by atoms with Crippen molar-refractivity contribution in [1.82, 2.24) is 0 Å². The van der Waals surface area contributed by atoms with E-state index in [2.05, 4.69) is 5.32 Å². The van der Waals surface area contributed by atoms with Crippen LogP contribution in [0.5, 0.6) is 5.75 Å². The van der Waals surface area contributed by atoms with Gasteiger partial charge in [-0.1, -0.05) is 23.7 Å². The van der Waals surface area contributed by atoms with Crippen LogP contribution in [0.4, 0.5) is 5.69 Å². The molecule has 0 radical (unpaired) electrons. The molecule has 0 atom stereocenters. The predicted octanol–water partition coefficient (Wildman–Crippen LogP) is 3.05. The number of carbonyl (C=O) groups excluding carboxylic acids is 3. The number of methoxy groups -OCH3 is 1. The Morgan fingerprint density at radius 3 is 2.48 bits per heavy atom. The number of carbonyl (C=O) groups is 3. The smallest absolute Gasteiger partial charge is 0.250 e. The number of rotatable bonds is 7. The molecule has 0 saturated carbocycles. The third kappa shape index (κ3) is 4.81. The monoisotopic (exact) mass is 360 g/mol. The van der Waals surface area contributed by atoms with Gasteiger partial charge in [-0.3, -0.25) is 14.4 Å². The quantitative estimate of drug-likeness (QED) is 0.741. The van der Waals surface area contributed by atoms with E-state index in [9.17, 15) is 14.4 Å². The third-order valence-corrected chi connectivity index (χ3v) is 3.74. The standard InChI is InChI=1S/C18H17ClN2O4/c1-25-16-8-6-11(19)10-13(16)15(22)7-9-17(23)21-14-5-3-2-4-12(14)18(20)24/h2-6,8,10H,7,9H2,1H3,(H2,20,24)(H,21,23). The first kappa shape index (κ1) is 18.5. The molecule has 0 saturated heterocycles. The van der Waals surface area contributed by atoms with Crippen molar-refractivity contribution in [2.24, 2.45) is 5.73 Å². The molecular formula is C18H17ClN2O4. The van der Waals surface area contributed by atoms with Crippen LogP contribution >= 0.6 is 11.6 Å². The van der Waals surface area contributed by atoms with Gasteiger partial charge in [0.1, 0.15) is 5.75 Å². The highest BCUT2D eigenvalue weighted by Crippen LogP contribution is 2.24. The highest BCUT2D eigenvalue weighted by atomic mass is 35.5. The zero-order chi connectivity index (χ0) is 18.4. The maximum Gasteiger partial charge on any atom is 0.250 e. The average molecular weight is 361 g/mol. The first-order chi connectivity index (χ1) is 11.9. The molecule has 7 heteroatoms. The summed E-state index contributed by atoms with van der Waals surface area (Å²) in [4.78, 5) is 35.7. The molecule has 3 N–H and O–H groups in total. The molecule has 0 aliphatic rings. The fraction of sp³-hybridized carbons (Fsp3) is 0.167. The molecule has 2 aromatic rings. The number of hydrogen-bond acceptors (Lipinski definition) is 4. The number of hydrogen-bond donors (Lipinski definition) is 2. The number of benzene rings is 2. The van der Waals surface area contributed by atoms with Crippen molar-refractivity contribution in [3.05, 3.63) is 58.6 Å². The second-order valence-corrected chi connectivity index (χ2v) is 5.66. The van der Waals surface area contributed by atoms with Crippen LogP contribution in [0.3, 0.4) is 0 Å². The van der Waals surface area contributed by atoms with Gasteiger partial charge in [0.2, 0.25) is 5.91 Å². The van der Waals surface area contributed by atoms with Crippen molar-refractivity contribution >= 4 is 34.9 Å². The van der Waals surface area contributed by atoms with E-state index >= 15 is 0 Å². The van der Waals surface area contributed by atoms with E-state index in [1.807, 2.05) is 0 Å². The summed E-state index contributed by atoms with van der Waals surface area (Å²) in [5.41, 5.74) is 6.10. The molecular weight excluding hydrogens is 344 g/mol. The SMILES string of the molecule is COc1ccc(Cl)cc1C(=O)CCC(=O)Nc1ccccc1C(N)=O. The van der Waals surface area contributed by atoms with Gasteiger partial charge in [0.15, 0.2) is 5.78 Å². The van der Waals surface area contributed by atoms with Crippen molar-refractivity contribution in [1.29, 1.82) is 0 Å². The van der Waals surface area contributed by atoms with Crippen LogP contribution < -0.4 is 15.8 Å². The van der Waals surface area contributed by atoms with E-state index in [-0.39, 0.29) is 24.2 Å². The van der Waals surface area contributed by atoms with Crippen molar-refractivity contribution in [2.45, 2.75) is 12.8 Å².